The summed E-state index contributed by atoms with van der Waals surface area (Å²) in [5.74, 6) is 0.915. The number of rotatable bonds is 6. The van der Waals surface area contributed by atoms with Crippen molar-refractivity contribution in [3.05, 3.63) is 58.6 Å². The number of ether oxygens (including phenoxy) is 1. The molecule has 0 bridgehead atoms. The Labute approximate surface area is 139 Å². The van der Waals surface area contributed by atoms with Crippen LogP contribution in [0.2, 0.25) is 0 Å². The lowest BCUT2D eigenvalue weighted by Gasteiger charge is -2.15. The summed E-state index contributed by atoms with van der Waals surface area (Å²) in [6.45, 7) is 4.29. The van der Waals surface area contributed by atoms with Gasteiger partial charge >= 0.3 is 0 Å². The van der Waals surface area contributed by atoms with Crippen LogP contribution < -0.4 is 10.1 Å². The lowest BCUT2D eigenvalue weighted by Crippen LogP contribution is -2.21. The van der Waals surface area contributed by atoms with E-state index in [1.165, 1.54) is 0 Å². The van der Waals surface area contributed by atoms with E-state index in [1.54, 1.807) is 0 Å². The summed E-state index contributed by atoms with van der Waals surface area (Å²) in [6, 6.07) is 15.3. The molecule has 0 aromatic heterocycles. The summed E-state index contributed by atoms with van der Waals surface area (Å²) in [6.07, 6.45) is 1.03. The van der Waals surface area contributed by atoms with Gasteiger partial charge in [0.05, 0.1) is 0 Å². The minimum atomic E-state index is -0.157. The number of carbonyl (C=O) groups is 1. The van der Waals surface area contributed by atoms with Crippen LogP contribution in [0.25, 0.3) is 0 Å². The molecule has 1 atom stereocenters. The molecule has 3 nitrogen and oxygen atoms in total. The molecule has 0 saturated heterocycles. The lowest BCUT2D eigenvalue weighted by molar-refractivity contribution is -0.118. The minimum absolute atomic E-state index is 0.00864. The van der Waals surface area contributed by atoms with Gasteiger partial charge in [-0.2, -0.15) is 0 Å². The molecule has 0 fully saturated rings. The smallest absolute Gasteiger partial charge is 0.262 e. The summed E-state index contributed by atoms with van der Waals surface area (Å²) in [5, 5.41) is 2.93. The zero-order chi connectivity index (χ0) is 15.9. The predicted molar refractivity (Wildman–Crippen MR) is 93.4 cm³/mol. The van der Waals surface area contributed by atoms with Crippen molar-refractivity contribution in [1.82, 2.24) is 0 Å². The second-order valence-corrected chi connectivity index (χ2v) is 6.11. The highest BCUT2D eigenvalue weighted by Gasteiger charge is 2.11. The number of anilines is 1. The van der Waals surface area contributed by atoms with E-state index in [0.717, 1.165) is 22.1 Å². The standard InChI is InChI=1S/C18H20BrNO2/c1-3-13(2)16-9-4-5-10-17(16)20-18(21)12-22-15-8-6-7-14(19)11-15/h4-11,13H,3,12H2,1-2H3,(H,20,21)/t13-/m1/s1. The second-order valence-electron chi connectivity index (χ2n) is 5.19. The van der Waals surface area contributed by atoms with E-state index in [1.807, 2.05) is 42.5 Å². The van der Waals surface area contributed by atoms with Crippen LogP contribution >= 0.6 is 15.9 Å². The first kappa shape index (κ1) is 16.6. The summed E-state index contributed by atoms with van der Waals surface area (Å²) < 4.78 is 6.43. The van der Waals surface area contributed by atoms with Crippen LogP contribution in [0.3, 0.4) is 0 Å². The van der Waals surface area contributed by atoms with Gasteiger partial charge in [0.15, 0.2) is 6.61 Å². The Morgan fingerprint density at radius 3 is 2.73 bits per heavy atom. The molecule has 0 aliphatic rings. The van der Waals surface area contributed by atoms with Gasteiger partial charge < -0.3 is 10.1 Å². The number of hydrogen-bond donors (Lipinski definition) is 1. The molecule has 4 heteroatoms. The number of amides is 1. The fourth-order valence-corrected chi connectivity index (χ4v) is 2.53. The van der Waals surface area contributed by atoms with Crippen molar-refractivity contribution in [1.29, 1.82) is 0 Å². The van der Waals surface area contributed by atoms with Crippen molar-refractivity contribution in [3.63, 3.8) is 0 Å². The molecule has 1 amide bonds. The lowest BCUT2D eigenvalue weighted by atomic mass is 9.97. The number of benzene rings is 2. The second kappa shape index (κ2) is 7.99. The molecule has 2 aromatic rings. The van der Waals surface area contributed by atoms with Gasteiger partial charge in [-0.1, -0.05) is 54.0 Å². The van der Waals surface area contributed by atoms with Crippen molar-refractivity contribution in [3.8, 4) is 5.75 Å². The maximum atomic E-state index is 12.1. The number of nitrogens with one attached hydrogen (secondary N) is 1. The first-order valence-corrected chi connectivity index (χ1v) is 8.16. The highest BCUT2D eigenvalue weighted by atomic mass is 79.9. The third-order valence-electron chi connectivity index (χ3n) is 3.54. The fourth-order valence-electron chi connectivity index (χ4n) is 2.15. The molecule has 0 heterocycles. The van der Waals surface area contributed by atoms with E-state index >= 15 is 0 Å². The SMILES string of the molecule is CC[C@@H](C)c1ccccc1NC(=O)COc1cccc(Br)c1. The number of halogens is 1. The zero-order valence-corrected chi connectivity index (χ0v) is 14.4. The predicted octanol–water partition coefficient (Wildman–Crippen LogP) is 4.98. The molecule has 1 N–H and O–H groups in total. The van der Waals surface area contributed by atoms with E-state index in [2.05, 4.69) is 41.2 Å². The van der Waals surface area contributed by atoms with Crippen molar-refractivity contribution in [2.45, 2.75) is 26.2 Å². The fraction of sp³-hybridized carbons (Fsp3) is 0.278. The summed E-state index contributed by atoms with van der Waals surface area (Å²) in [4.78, 5) is 12.1. The van der Waals surface area contributed by atoms with E-state index in [-0.39, 0.29) is 12.5 Å². The van der Waals surface area contributed by atoms with Crippen molar-refractivity contribution < 1.29 is 9.53 Å². The maximum Gasteiger partial charge on any atom is 0.262 e. The Kier molecular flexibility index (Phi) is 6.01. The van der Waals surface area contributed by atoms with Gasteiger partial charge in [-0.15, -0.1) is 0 Å². The van der Waals surface area contributed by atoms with Crippen LogP contribution in [0.5, 0.6) is 5.75 Å². The molecule has 116 valence electrons. The van der Waals surface area contributed by atoms with Gasteiger partial charge in [0.25, 0.3) is 5.91 Å². The Hall–Kier alpha value is -1.81. The molecule has 22 heavy (non-hydrogen) atoms. The van der Waals surface area contributed by atoms with Gasteiger partial charge in [-0.05, 0) is 42.2 Å². The summed E-state index contributed by atoms with van der Waals surface area (Å²) in [7, 11) is 0. The van der Waals surface area contributed by atoms with Gasteiger partial charge in [0.1, 0.15) is 5.75 Å². The zero-order valence-electron chi connectivity index (χ0n) is 12.8. The molecule has 0 radical (unpaired) electrons. The molecule has 0 unspecified atom stereocenters. The van der Waals surface area contributed by atoms with Crippen LogP contribution in [0.4, 0.5) is 5.69 Å². The summed E-state index contributed by atoms with van der Waals surface area (Å²) >= 11 is 3.38. The normalized spacial score (nSPS) is 11.8. The average molecular weight is 362 g/mol. The van der Waals surface area contributed by atoms with E-state index in [0.29, 0.717) is 11.7 Å². The quantitative estimate of drug-likeness (QED) is 0.787. The van der Waals surface area contributed by atoms with Crippen molar-refractivity contribution in [2.24, 2.45) is 0 Å². The number of hydrogen-bond acceptors (Lipinski definition) is 2. The van der Waals surface area contributed by atoms with Crippen molar-refractivity contribution >= 4 is 27.5 Å². The minimum Gasteiger partial charge on any atom is -0.484 e. The number of carbonyl (C=O) groups excluding carboxylic acids is 1. The highest BCUT2D eigenvalue weighted by molar-refractivity contribution is 9.10. The van der Waals surface area contributed by atoms with Gasteiger partial charge in [0, 0.05) is 10.2 Å². The van der Waals surface area contributed by atoms with Crippen molar-refractivity contribution in [2.75, 3.05) is 11.9 Å². The molecule has 2 rings (SSSR count). The van der Waals surface area contributed by atoms with E-state index in [4.69, 9.17) is 4.74 Å². The largest absolute Gasteiger partial charge is 0.484 e. The van der Waals surface area contributed by atoms with Gasteiger partial charge in [-0.25, -0.2) is 0 Å². The average Bonchev–Trinajstić information content (AvgIpc) is 2.53. The van der Waals surface area contributed by atoms with Crippen LogP contribution in [0, 0.1) is 0 Å². The van der Waals surface area contributed by atoms with Gasteiger partial charge in [-0.3, -0.25) is 4.79 Å². The van der Waals surface area contributed by atoms with Crippen LogP contribution in [-0.2, 0) is 4.79 Å². The van der Waals surface area contributed by atoms with E-state index in [9.17, 15) is 4.79 Å². The maximum absolute atomic E-state index is 12.1. The molecule has 0 saturated carbocycles. The Bertz CT molecular complexity index is 642. The van der Waals surface area contributed by atoms with E-state index < -0.39 is 0 Å². The monoisotopic (exact) mass is 361 g/mol. The molecule has 0 spiro atoms. The molecule has 0 aliphatic heterocycles. The number of para-hydroxylation sites is 1. The first-order chi connectivity index (χ1) is 10.6. The highest BCUT2D eigenvalue weighted by Crippen LogP contribution is 2.26. The summed E-state index contributed by atoms with van der Waals surface area (Å²) in [5.41, 5.74) is 2.01. The molecule has 0 aliphatic carbocycles. The Morgan fingerprint density at radius 2 is 2.00 bits per heavy atom. The molecule has 2 aromatic carbocycles. The topological polar surface area (TPSA) is 38.3 Å². The molecular formula is C18H20BrNO2. The van der Waals surface area contributed by atoms with Crippen LogP contribution in [0.1, 0.15) is 31.7 Å². The van der Waals surface area contributed by atoms with Crippen LogP contribution in [0.15, 0.2) is 53.0 Å². The third-order valence-corrected chi connectivity index (χ3v) is 4.04. The third kappa shape index (κ3) is 4.60. The Balaban J connectivity index is 1.98. The molecular weight excluding hydrogens is 342 g/mol. The first-order valence-electron chi connectivity index (χ1n) is 7.37. The van der Waals surface area contributed by atoms with Crippen LogP contribution in [-0.4, -0.2) is 12.5 Å². The van der Waals surface area contributed by atoms with Gasteiger partial charge in [0.2, 0.25) is 0 Å². The Morgan fingerprint density at radius 1 is 1.23 bits per heavy atom.